The first-order chi connectivity index (χ1) is 9.58. The summed E-state index contributed by atoms with van der Waals surface area (Å²) in [4.78, 5) is 23.5. The van der Waals surface area contributed by atoms with Crippen molar-refractivity contribution in [3.8, 4) is 0 Å². The summed E-state index contributed by atoms with van der Waals surface area (Å²) in [6.45, 7) is 0. The fraction of sp³-hybridized carbons (Fsp3) is 0.467. The number of carboxylic acids is 1. The molecule has 0 unspecified atom stereocenters. The number of carbonyl (C=O) groups excluding carboxylic acids is 1. The van der Waals surface area contributed by atoms with E-state index in [0.29, 0.717) is 10.2 Å². The summed E-state index contributed by atoms with van der Waals surface area (Å²) >= 11 is 3.24. The van der Waals surface area contributed by atoms with Gasteiger partial charge >= 0.3 is 5.97 Å². The maximum absolute atomic E-state index is 12.3. The third-order valence-electron chi connectivity index (χ3n) is 3.70. The number of carboxylic acid groups (broad SMARTS) is 1. The SMILES string of the molecule is O=C(O)c1cc(Br)ccc1NC(=O)C1CCCCCC1. The fourth-order valence-corrected chi connectivity index (χ4v) is 2.94. The average Bonchev–Trinajstić information content (AvgIpc) is 2.69. The molecular formula is C15H18BrNO3. The number of anilines is 1. The Morgan fingerprint density at radius 2 is 1.80 bits per heavy atom. The molecule has 0 saturated heterocycles. The first-order valence-corrected chi connectivity index (χ1v) is 7.71. The van der Waals surface area contributed by atoms with Crippen molar-refractivity contribution in [3.63, 3.8) is 0 Å². The van der Waals surface area contributed by atoms with E-state index in [-0.39, 0.29) is 17.4 Å². The minimum absolute atomic E-state index is 0.00258. The Labute approximate surface area is 126 Å². The lowest BCUT2D eigenvalue weighted by Gasteiger charge is -2.15. The van der Waals surface area contributed by atoms with E-state index in [1.54, 1.807) is 12.1 Å². The molecule has 1 aromatic carbocycles. The summed E-state index contributed by atoms with van der Waals surface area (Å²) in [6, 6.07) is 4.86. The van der Waals surface area contributed by atoms with Crippen molar-refractivity contribution in [2.45, 2.75) is 38.5 Å². The molecule has 1 fully saturated rings. The van der Waals surface area contributed by atoms with Gasteiger partial charge in [-0.25, -0.2) is 4.79 Å². The van der Waals surface area contributed by atoms with E-state index in [9.17, 15) is 14.7 Å². The van der Waals surface area contributed by atoms with Crippen LogP contribution in [0.1, 0.15) is 48.9 Å². The van der Waals surface area contributed by atoms with E-state index >= 15 is 0 Å². The summed E-state index contributed by atoms with van der Waals surface area (Å²) in [5, 5.41) is 12.0. The van der Waals surface area contributed by atoms with Crippen LogP contribution in [0.4, 0.5) is 5.69 Å². The number of halogens is 1. The van der Waals surface area contributed by atoms with Crippen LogP contribution in [0, 0.1) is 5.92 Å². The number of carbonyl (C=O) groups is 2. The summed E-state index contributed by atoms with van der Waals surface area (Å²) < 4.78 is 0.683. The second-order valence-electron chi connectivity index (χ2n) is 5.17. The number of aromatic carboxylic acids is 1. The second-order valence-corrected chi connectivity index (χ2v) is 6.09. The molecule has 0 atom stereocenters. The van der Waals surface area contributed by atoms with Crippen molar-refractivity contribution in [3.05, 3.63) is 28.2 Å². The second kappa shape index (κ2) is 6.88. The van der Waals surface area contributed by atoms with Gasteiger partial charge in [0.2, 0.25) is 5.91 Å². The molecule has 108 valence electrons. The normalized spacial score (nSPS) is 16.4. The van der Waals surface area contributed by atoms with Gasteiger partial charge in [-0.2, -0.15) is 0 Å². The van der Waals surface area contributed by atoms with Gasteiger partial charge in [0.25, 0.3) is 0 Å². The van der Waals surface area contributed by atoms with Gasteiger partial charge in [0.1, 0.15) is 0 Å². The Morgan fingerprint density at radius 3 is 2.40 bits per heavy atom. The monoisotopic (exact) mass is 339 g/mol. The number of nitrogens with one attached hydrogen (secondary N) is 1. The first-order valence-electron chi connectivity index (χ1n) is 6.91. The Hall–Kier alpha value is -1.36. The lowest BCUT2D eigenvalue weighted by atomic mass is 9.99. The molecule has 1 saturated carbocycles. The van der Waals surface area contributed by atoms with Crippen LogP contribution >= 0.6 is 15.9 Å². The molecule has 0 bridgehead atoms. The van der Waals surface area contributed by atoms with Gasteiger partial charge in [-0.1, -0.05) is 41.6 Å². The van der Waals surface area contributed by atoms with Crippen molar-refractivity contribution in [1.82, 2.24) is 0 Å². The minimum Gasteiger partial charge on any atom is -0.478 e. The van der Waals surface area contributed by atoms with E-state index in [4.69, 9.17) is 0 Å². The van der Waals surface area contributed by atoms with Gasteiger partial charge in [0.15, 0.2) is 0 Å². The fourth-order valence-electron chi connectivity index (χ4n) is 2.58. The largest absolute Gasteiger partial charge is 0.478 e. The Bertz CT molecular complexity index is 508. The maximum Gasteiger partial charge on any atom is 0.337 e. The highest BCUT2D eigenvalue weighted by Gasteiger charge is 2.21. The van der Waals surface area contributed by atoms with Crippen molar-refractivity contribution in [2.75, 3.05) is 5.32 Å². The minimum atomic E-state index is -1.04. The van der Waals surface area contributed by atoms with Crippen LogP contribution < -0.4 is 5.32 Å². The predicted molar refractivity (Wildman–Crippen MR) is 80.9 cm³/mol. The molecule has 0 aliphatic heterocycles. The molecule has 0 heterocycles. The molecule has 1 aliphatic carbocycles. The molecule has 0 radical (unpaired) electrons. The van der Waals surface area contributed by atoms with Crippen molar-refractivity contribution >= 4 is 33.5 Å². The molecule has 2 rings (SSSR count). The molecule has 0 aromatic heterocycles. The molecule has 1 aromatic rings. The van der Waals surface area contributed by atoms with E-state index in [1.165, 1.54) is 18.9 Å². The molecule has 1 aliphatic rings. The lowest BCUT2D eigenvalue weighted by Crippen LogP contribution is -2.23. The molecule has 2 N–H and O–H groups in total. The molecule has 4 nitrogen and oxygen atoms in total. The first kappa shape index (κ1) is 15.0. The van der Waals surface area contributed by atoms with Crippen molar-refractivity contribution < 1.29 is 14.7 Å². The topological polar surface area (TPSA) is 66.4 Å². The van der Waals surface area contributed by atoms with Crippen LogP contribution in [0.15, 0.2) is 22.7 Å². The summed E-state index contributed by atoms with van der Waals surface area (Å²) in [5.74, 6) is -1.10. The molecular weight excluding hydrogens is 322 g/mol. The van der Waals surface area contributed by atoms with Crippen LogP contribution in [0.3, 0.4) is 0 Å². The van der Waals surface area contributed by atoms with Crippen LogP contribution in [0.25, 0.3) is 0 Å². The summed E-state index contributed by atoms with van der Waals surface area (Å²) in [6.07, 6.45) is 6.30. The van der Waals surface area contributed by atoms with E-state index in [2.05, 4.69) is 21.2 Å². The predicted octanol–water partition coefficient (Wildman–Crippen LogP) is 4.06. The third-order valence-corrected chi connectivity index (χ3v) is 4.19. The van der Waals surface area contributed by atoms with Gasteiger partial charge in [-0.3, -0.25) is 4.79 Å². The summed E-state index contributed by atoms with van der Waals surface area (Å²) in [5.41, 5.74) is 0.483. The van der Waals surface area contributed by atoms with Crippen LogP contribution in [-0.2, 0) is 4.79 Å². The van der Waals surface area contributed by atoms with Gasteiger partial charge in [-0.15, -0.1) is 0 Å². The van der Waals surface area contributed by atoms with E-state index < -0.39 is 5.97 Å². The number of benzene rings is 1. The summed E-state index contributed by atoms with van der Waals surface area (Å²) in [7, 11) is 0. The highest BCUT2D eigenvalue weighted by atomic mass is 79.9. The zero-order valence-electron chi connectivity index (χ0n) is 11.2. The third kappa shape index (κ3) is 3.82. The highest BCUT2D eigenvalue weighted by Crippen LogP contribution is 2.26. The Balaban J connectivity index is 2.12. The molecule has 20 heavy (non-hydrogen) atoms. The smallest absolute Gasteiger partial charge is 0.337 e. The van der Waals surface area contributed by atoms with Gasteiger partial charge in [0.05, 0.1) is 11.3 Å². The Kier molecular flexibility index (Phi) is 5.17. The van der Waals surface area contributed by atoms with Gasteiger partial charge in [0, 0.05) is 10.4 Å². The van der Waals surface area contributed by atoms with E-state index in [1.807, 2.05) is 0 Å². The zero-order valence-corrected chi connectivity index (χ0v) is 12.8. The molecule has 1 amide bonds. The van der Waals surface area contributed by atoms with Gasteiger partial charge in [-0.05, 0) is 31.0 Å². The van der Waals surface area contributed by atoms with Crippen LogP contribution in [0.2, 0.25) is 0 Å². The van der Waals surface area contributed by atoms with Crippen LogP contribution in [-0.4, -0.2) is 17.0 Å². The average molecular weight is 340 g/mol. The molecule has 5 heteroatoms. The van der Waals surface area contributed by atoms with Crippen LogP contribution in [0.5, 0.6) is 0 Å². The zero-order chi connectivity index (χ0) is 14.5. The number of hydrogen-bond acceptors (Lipinski definition) is 2. The van der Waals surface area contributed by atoms with Crippen molar-refractivity contribution in [2.24, 2.45) is 5.92 Å². The lowest BCUT2D eigenvalue weighted by molar-refractivity contribution is -0.120. The standard InChI is InChI=1S/C15H18BrNO3/c16-11-7-8-13(12(9-11)15(19)20)17-14(18)10-5-3-1-2-4-6-10/h7-10H,1-6H2,(H,17,18)(H,19,20). The Morgan fingerprint density at radius 1 is 1.15 bits per heavy atom. The number of rotatable bonds is 3. The number of hydrogen-bond donors (Lipinski definition) is 2. The highest BCUT2D eigenvalue weighted by molar-refractivity contribution is 9.10. The van der Waals surface area contributed by atoms with Crippen molar-refractivity contribution in [1.29, 1.82) is 0 Å². The van der Waals surface area contributed by atoms with Gasteiger partial charge < -0.3 is 10.4 Å². The quantitative estimate of drug-likeness (QED) is 0.816. The molecule has 0 spiro atoms. The van der Waals surface area contributed by atoms with E-state index in [0.717, 1.165) is 25.7 Å². The maximum atomic E-state index is 12.3. The number of amides is 1.